The van der Waals surface area contributed by atoms with Crippen molar-refractivity contribution in [2.24, 2.45) is 5.92 Å². The van der Waals surface area contributed by atoms with Gasteiger partial charge in [0.15, 0.2) is 0 Å². The second-order valence-corrected chi connectivity index (χ2v) is 3.64. The van der Waals surface area contributed by atoms with E-state index in [-0.39, 0.29) is 0 Å². The van der Waals surface area contributed by atoms with Gasteiger partial charge in [-0.3, -0.25) is 4.90 Å². The molecular formula is C9H17N2. The standard InChI is InChI=1S/C9H17N2/c1-2-11-6-4-8-3-5-10-7-9(8)11/h8-10H,1-7H2. The van der Waals surface area contributed by atoms with Gasteiger partial charge in [0.1, 0.15) is 0 Å². The lowest BCUT2D eigenvalue weighted by Gasteiger charge is -2.31. The fraction of sp³-hybridized carbons (Fsp3) is 0.889. The van der Waals surface area contributed by atoms with Crippen molar-refractivity contribution in [2.75, 3.05) is 26.2 Å². The van der Waals surface area contributed by atoms with Crippen LogP contribution in [-0.4, -0.2) is 37.1 Å². The zero-order valence-corrected chi connectivity index (χ0v) is 7.05. The van der Waals surface area contributed by atoms with E-state index in [1.165, 1.54) is 32.5 Å². The van der Waals surface area contributed by atoms with E-state index in [1.54, 1.807) is 0 Å². The summed E-state index contributed by atoms with van der Waals surface area (Å²) in [6.45, 7) is 8.65. The molecule has 2 saturated heterocycles. The quantitative estimate of drug-likeness (QED) is 0.590. The predicted octanol–water partition coefficient (Wildman–Crippen LogP) is 0.504. The van der Waals surface area contributed by atoms with Crippen molar-refractivity contribution >= 4 is 0 Å². The molecular weight excluding hydrogens is 136 g/mol. The van der Waals surface area contributed by atoms with Crippen LogP contribution in [0.1, 0.15) is 12.8 Å². The van der Waals surface area contributed by atoms with E-state index < -0.39 is 0 Å². The number of hydrogen-bond acceptors (Lipinski definition) is 2. The normalized spacial score (nSPS) is 39.0. The summed E-state index contributed by atoms with van der Waals surface area (Å²) in [5.41, 5.74) is 0. The van der Waals surface area contributed by atoms with Crippen LogP contribution < -0.4 is 5.32 Å². The Balaban J connectivity index is 1.98. The lowest BCUT2D eigenvalue weighted by Crippen LogP contribution is -2.45. The van der Waals surface area contributed by atoms with Crippen molar-refractivity contribution in [3.63, 3.8) is 0 Å². The van der Waals surface area contributed by atoms with Crippen molar-refractivity contribution in [2.45, 2.75) is 18.9 Å². The van der Waals surface area contributed by atoms with Crippen molar-refractivity contribution < 1.29 is 0 Å². The Labute approximate surface area is 69.0 Å². The van der Waals surface area contributed by atoms with Gasteiger partial charge in [0.05, 0.1) is 0 Å². The van der Waals surface area contributed by atoms with Gasteiger partial charge in [-0.25, -0.2) is 0 Å². The Morgan fingerprint density at radius 2 is 2.36 bits per heavy atom. The van der Waals surface area contributed by atoms with Crippen LogP contribution in [0.2, 0.25) is 0 Å². The summed E-state index contributed by atoms with van der Waals surface area (Å²) in [5.74, 6) is 0.970. The Morgan fingerprint density at radius 3 is 3.18 bits per heavy atom. The van der Waals surface area contributed by atoms with Gasteiger partial charge in [-0.1, -0.05) is 0 Å². The van der Waals surface area contributed by atoms with Crippen LogP contribution in [0.3, 0.4) is 0 Å². The zero-order chi connectivity index (χ0) is 7.68. The van der Waals surface area contributed by atoms with Gasteiger partial charge in [-0.15, -0.1) is 0 Å². The molecule has 2 atom stereocenters. The molecule has 1 radical (unpaired) electrons. The van der Waals surface area contributed by atoms with E-state index >= 15 is 0 Å². The predicted molar refractivity (Wildman–Crippen MR) is 46.3 cm³/mol. The molecule has 2 nitrogen and oxygen atoms in total. The molecule has 63 valence electrons. The molecule has 0 amide bonds. The van der Waals surface area contributed by atoms with Gasteiger partial charge in [-0.2, -0.15) is 0 Å². The van der Waals surface area contributed by atoms with Crippen LogP contribution in [0.4, 0.5) is 0 Å². The molecule has 0 bridgehead atoms. The summed E-state index contributed by atoms with van der Waals surface area (Å²) in [7, 11) is 0. The summed E-state index contributed by atoms with van der Waals surface area (Å²) in [6, 6.07) is 0.807. The average molecular weight is 153 g/mol. The number of nitrogens with one attached hydrogen (secondary N) is 1. The van der Waals surface area contributed by atoms with Crippen LogP contribution in [-0.2, 0) is 0 Å². The van der Waals surface area contributed by atoms with Crippen LogP contribution in [0.25, 0.3) is 0 Å². The first kappa shape index (κ1) is 7.56. The van der Waals surface area contributed by atoms with Gasteiger partial charge in [0.2, 0.25) is 0 Å². The minimum Gasteiger partial charge on any atom is -0.315 e. The van der Waals surface area contributed by atoms with Gasteiger partial charge < -0.3 is 5.32 Å². The van der Waals surface area contributed by atoms with Crippen LogP contribution in [0.15, 0.2) is 0 Å². The van der Waals surface area contributed by atoms with E-state index in [0.717, 1.165) is 18.5 Å². The smallest absolute Gasteiger partial charge is 0.0249 e. The third-order valence-corrected chi connectivity index (χ3v) is 3.13. The highest BCUT2D eigenvalue weighted by molar-refractivity contribution is 4.91. The fourth-order valence-corrected chi connectivity index (χ4v) is 2.44. The molecule has 11 heavy (non-hydrogen) atoms. The summed E-state index contributed by atoms with van der Waals surface area (Å²) >= 11 is 0. The number of rotatable bonds is 1. The molecule has 0 aliphatic carbocycles. The first-order valence-corrected chi connectivity index (χ1v) is 4.66. The fourth-order valence-electron chi connectivity index (χ4n) is 2.44. The highest BCUT2D eigenvalue weighted by atomic mass is 15.2. The molecule has 2 heteroatoms. The number of piperidine rings is 1. The summed E-state index contributed by atoms with van der Waals surface area (Å²) in [6.07, 6.45) is 2.78. The van der Waals surface area contributed by atoms with E-state index in [9.17, 15) is 0 Å². The average Bonchev–Trinajstić information content (AvgIpc) is 2.47. The number of likely N-dealkylation sites (tertiary alicyclic amines) is 1. The van der Waals surface area contributed by atoms with E-state index in [0.29, 0.717) is 0 Å². The van der Waals surface area contributed by atoms with Crippen LogP contribution >= 0.6 is 0 Å². The second kappa shape index (κ2) is 3.11. The third-order valence-electron chi connectivity index (χ3n) is 3.13. The Bertz CT molecular complexity index is 130. The molecule has 2 aliphatic rings. The monoisotopic (exact) mass is 153 g/mol. The summed E-state index contributed by atoms with van der Waals surface area (Å²) < 4.78 is 0. The lowest BCUT2D eigenvalue weighted by molar-refractivity contribution is 0.210. The molecule has 2 heterocycles. The highest BCUT2D eigenvalue weighted by Crippen LogP contribution is 2.27. The van der Waals surface area contributed by atoms with Crippen LogP contribution in [0.5, 0.6) is 0 Å². The van der Waals surface area contributed by atoms with Crippen molar-refractivity contribution in [1.29, 1.82) is 0 Å². The Morgan fingerprint density at radius 1 is 1.45 bits per heavy atom. The zero-order valence-electron chi connectivity index (χ0n) is 7.05. The molecule has 2 rings (SSSR count). The molecule has 2 unspecified atom stereocenters. The molecule has 2 fully saturated rings. The maximum atomic E-state index is 3.96. The van der Waals surface area contributed by atoms with E-state index in [4.69, 9.17) is 0 Å². The van der Waals surface area contributed by atoms with E-state index in [2.05, 4.69) is 17.1 Å². The molecule has 0 spiro atoms. The molecule has 0 aromatic carbocycles. The Kier molecular flexibility index (Phi) is 2.14. The van der Waals surface area contributed by atoms with Gasteiger partial charge >= 0.3 is 0 Å². The van der Waals surface area contributed by atoms with Gasteiger partial charge in [-0.05, 0) is 45.3 Å². The molecule has 0 aromatic heterocycles. The molecule has 1 N–H and O–H groups in total. The maximum Gasteiger partial charge on any atom is 0.0249 e. The van der Waals surface area contributed by atoms with Crippen molar-refractivity contribution in [3.8, 4) is 0 Å². The Hall–Kier alpha value is -0.0800. The number of nitrogens with zero attached hydrogens (tertiary/aromatic N) is 1. The number of fused-ring (bicyclic) bond motifs is 1. The third kappa shape index (κ3) is 1.30. The molecule has 0 aromatic rings. The summed E-state index contributed by atoms with van der Waals surface area (Å²) in [4.78, 5) is 2.51. The molecule has 2 aliphatic heterocycles. The van der Waals surface area contributed by atoms with Gasteiger partial charge in [0, 0.05) is 12.6 Å². The van der Waals surface area contributed by atoms with E-state index in [1.807, 2.05) is 0 Å². The summed E-state index contributed by atoms with van der Waals surface area (Å²) in [5, 5.41) is 3.45. The minimum absolute atomic E-state index is 0.807. The molecule has 0 saturated carbocycles. The van der Waals surface area contributed by atoms with Gasteiger partial charge in [0.25, 0.3) is 0 Å². The number of hydrogen-bond donors (Lipinski definition) is 1. The first-order chi connectivity index (χ1) is 5.42. The largest absolute Gasteiger partial charge is 0.315 e. The maximum absolute atomic E-state index is 3.96. The lowest BCUT2D eigenvalue weighted by atomic mass is 9.93. The minimum atomic E-state index is 0.807. The highest BCUT2D eigenvalue weighted by Gasteiger charge is 2.34. The topological polar surface area (TPSA) is 15.3 Å². The SMILES string of the molecule is [CH2]CN1CCC2CCNCC21. The first-order valence-electron chi connectivity index (χ1n) is 4.66. The second-order valence-electron chi connectivity index (χ2n) is 3.64. The van der Waals surface area contributed by atoms with Crippen molar-refractivity contribution in [3.05, 3.63) is 6.92 Å². The van der Waals surface area contributed by atoms with Crippen molar-refractivity contribution in [1.82, 2.24) is 10.2 Å². The van der Waals surface area contributed by atoms with Crippen LogP contribution in [0, 0.1) is 12.8 Å².